The number of fused-ring (bicyclic) bond motifs is 1. The molecule has 0 aromatic carbocycles. The molecule has 3 aliphatic heterocycles. The molecule has 4 fully saturated rings. The van der Waals surface area contributed by atoms with E-state index in [9.17, 15) is 9.59 Å². The van der Waals surface area contributed by atoms with Gasteiger partial charge in [0.15, 0.2) is 5.65 Å². The molecular weight excluding hydrogens is 356 g/mol. The van der Waals surface area contributed by atoms with Crippen molar-refractivity contribution in [3.63, 3.8) is 0 Å². The van der Waals surface area contributed by atoms with Gasteiger partial charge in [-0.25, -0.2) is 14.3 Å². The van der Waals surface area contributed by atoms with Crippen LogP contribution in [0, 0.1) is 11.3 Å². The van der Waals surface area contributed by atoms with Crippen LogP contribution in [0.4, 0.5) is 4.79 Å². The second-order valence-corrected chi connectivity index (χ2v) is 9.40. The Morgan fingerprint density at radius 2 is 1.96 bits per heavy atom. The van der Waals surface area contributed by atoms with Gasteiger partial charge in [-0.2, -0.15) is 5.10 Å². The van der Waals surface area contributed by atoms with Crippen molar-refractivity contribution >= 4 is 17.6 Å². The van der Waals surface area contributed by atoms with Gasteiger partial charge < -0.3 is 15.1 Å². The number of urea groups is 1. The number of carbonyl (C=O) groups excluding carboxylic acids is 2. The largest absolute Gasteiger partial charge is 0.347 e. The molecule has 0 bridgehead atoms. The molecule has 4 aliphatic rings. The van der Waals surface area contributed by atoms with E-state index in [0.29, 0.717) is 30.8 Å². The van der Waals surface area contributed by atoms with Crippen molar-refractivity contribution in [3.8, 4) is 0 Å². The molecule has 0 radical (unpaired) electrons. The first-order valence-electron chi connectivity index (χ1n) is 10.1. The van der Waals surface area contributed by atoms with Crippen molar-refractivity contribution in [3.05, 3.63) is 30.2 Å². The first kappa shape index (κ1) is 16.3. The number of carbonyl (C=O) groups is 2. The Labute approximate surface area is 162 Å². The molecule has 2 aromatic heterocycles. The maximum absolute atomic E-state index is 12.7. The van der Waals surface area contributed by atoms with Gasteiger partial charge in [0.25, 0.3) is 0 Å². The molecule has 1 saturated carbocycles. The number of hydrogen-bond donors (Lipinski definition) is 1. The Balaban J connectivity index is 0.989. The maximum atomic E-state index is 12.7. The number of amides is 3. The van der Waals surface area contributed by atoms with Gasteiger partial charge in [-0.1, -0.05) is 6.07 Å². The van der Waals surface area contributed by atoms with Crippen LogP contribution in [-0.2, 0) is 11.2 Å². The fourth-order valence-electron chi connectivity index (χ4n) is 5.81. The quantitative estimate of drug-likeness (QED) is 0.845. The summed E-state index contributed by atoms with van der Waals surface area (Å²) in [5.74, 6) is 0.817. The summed E-state index contributed by atoms with van der Waals surface area (Å²) in [6.45, 7) is 3.13. The van der Waals surface area contributed by atoms with Gasteiger partial charge >= 0.3 is 6.03 Å². The van der Waals surface area contributed by atoms with Gasteiger partial charge in [0, 0.05) is 44.2 Å². The van der Waals surface area contributed by atoms with Crippen molar-refractivity contribution < 1.29 is 9.59 Å². The molecule has 2 spiro atoms. The van der Waals surface area contributed by atoms with E-state index in [0.717, 1.165) is 31.6 Å². The Kier molecular flexibility index (Phi) is 3.18. The first-order valence-corrected chi connectivity index (χ1v) is 10.1. The van der Waals surface area contributed by atoms with Crippen LogP contribution in [0.2, 0.25) is 0 Å². The van der Waals surface area contributed by atoms with Gasteiger partial charge in [0.2, 0.25) is 5.91 Å². The fraction of sp³-hybridized carbons (Fsp3) is 0.600. The van der Waals surface area contributed by atoms with Gasteiger partial charge in [-0.05, 0) is 43.2 Å². The van der Waals surface area contributed by atoms with Gasteiger partial charge in [-0.15, -0.1) is 0 Å². The molecule has 28 heavy (non-hydrogen) atoms. The highest BCUT2D eigenvalue weighted by Crippen LogP contribution is 2.53. The average Bonchev–Trinajstić information content (AvgIpc) is 3.19. The van der Waals surface area contributed by atoms with E-state index in [2.05, 4.69) is 27.7 Å². The monoisotopic (exact) mass is 380 g/mol. The standard InChI is InChI=1S/C20H24N6O2/c27-17-3-4-20(23-17)11-25(12-20)18(28)24-9-19(10-24)6-15(7-19)5-14-1-2-16-21-13-22-26(16)8-14/h1-2,8,13,15H,3-7,9-12H2,(H,23,27). The van der Waals surface area contributed by atoms with E-state index in [-0.39, 0.29) is 17.5 Å². The number of rotatable bonds is 2. The minimum atomic E-state index is -0.123. The first-order chi connectivity index (χ1) is 13.5. The highest BCUT2D eigenvalue weighted by atomic mass is 16.2. The van der Waals surface area contributed by atoms with Crippen molar-refractivity contribution in [2.75, 3.05) is 26.2 Å². The molecule has 146 valence electrons. The van der Waals surface area contributed by atoms with Crippen LogP contribution >= 0.6 is 0 Å². The maximum Gasteiger partial charge on any atom is 0.320 e. The third-order valence-corrected chi connectivity index (χ3v) is 7.12. The van der Waals surface area contributed by atoms with Crippen LogP contribution in [0.25, 0.3) is 5.65 Å². The number of likely N-dealkylation sites (tertiary alicyclic amines) is 2. The van der Waals surface area contributed by atoms with E-state index in [4.69, 9.17) is 0 Å². The summed E-state index contributed by atoms with van der Waals surface area (Å²) in [5, 5.41) is 7.25. The minimum Gasteiger partial charge on any atom is -0.347 e. The lowest BCUT2D eigenvalue weighted by molar-refractivity contribution is -0.120. The van der Waals surface area contributed by atoms with Crippen molar-refractivity contribution in [2.24, 2.45) is 11.3 Å². The normalized spacial score (nSPS) is 24.9. The molecule has 5 heterocycles. The zero-order valence-electron chi connectivity index (χ0n) is 15.8. The van der Waals surface area contributed by atoms with Gasteiger partial charge in [0.1, 0.15) is 6.33 Å². The SMILES string of the molecule is O=C1CCC2(CN(C(=O)N3CC4(CC(Cc5ccc6ncnn6c5)C4)C3)C2)N1. The van der Waals surface area contributed by atoms with Crippen molar-refractivity contribution in [1.29, 1.82) is 0 Å². The summed E-state index contributed by atoms with van der Waals surface area (Å²) in [6, 6.07) is 4.32. The van der Waals surface area contributed by atoms with E-state index < -0.39 is 0 Å². The van der Waals surface area contributed by atoms with E-state index in [1.807, 2.05) is 20.4 Å². The molecule has 1 N–H and O–H groups in total. The second-order valence-electron chi connectivity index (χ2n) is 9.40. The summed E-state index contributed by atoms with van der Waals surface area (Å²) in [5.41, 5.74) is 2.41. The third kappa shape index (κ3) is 2.43. The highest BCUT2D eigenvalue weighted by Gasteiger charge is 2.56. The van der Waals surface area contributed by atoms with Crippen LogP contribution in [0.15, 0.2) is 24.7 Å². The predicted octanol–water partition coefficient (Wildman–Crippen LogP) is 1.07. The number of nitrogens with zero attached hydrogens (tertiary/aromatic N) is 5. The van der Waals surface area contributed by atoms with Crippen LogP contribution in [0.5, 0.6) is 0 Å². The lowest BCUT2D eigenvalue weighted by Gasteiger charge is -2.61. The number of hydrogen-bond acceptors (Lipinski definition) is 4. The van der Waals surface area contributed by atoms with E-state index >= 15 is 0 Å². The molecule has 8 heteroatoms. The summed E-state index contributed by atoms with van der Waals surface area (Å²) >= 11 is 0. The highest BCUT2D eigenvalue weighted by molar-refractivity contribution is 5.82. The summed E-state index contributed by atoms with van der Waals surface area (Å²) < 4.78 is 1.83. The molecule has 3 saturated heterocycles. The molecule has 3 amide bonds. The number of nitrogens with one attached hydrogen (secondary N) is 1. The molecule has 8 nitrogen and oxygen atoms in total. The minimum absolute atomic E-state index is 0.123. The van der Waals surface area contributed by atoms with Crippen molar-refractivity contribution in [2.45, 2.75) is 37.6 Å². The molecule has 2 aromatic rings. The summed E-state index contributed by atoms with van der Waals surface area (Å²) in [4.78, 5) is 32.2. The lowest BCUT2D eigenvalue weighted by atomic mass is 9.56. The second kappa shape index (κ2) is 5.46. The fourth-order valence-corrected chi connectivity index (χ4v) is 5.81. The Morgan fingerprint density at radius 3 is 2.71 bits per heavy atom. The van der Waals surface area contributed by atoms with Crippen LogP contribution in [0.3, 0.4) is 0 Å². The summed E-state index contributed by atoms with van der Waals surface area (Å²) in [6.07, 6.45) is 8.59. The Morgan fingerprint density at radius 1 is 1.18 bits per heavy atom. The molecule has 0 atom stereocenters. The Bertz CT molecular complexity index is 964. The topological polar surface area (TPSA) is 82.8 Å². The molecule has 1 aliphatic carbocycles. The third-order valence-electron chi connectivity index (χ3n) is 7.12. The molecule has 0 unspecified atom stereocenters. The number of pyridine rings is 1. The summed E-state index contributed by atoms with van der Waals surface area (Å²) in [7, 11) is 0. The Hall–Kier alpha value is -2.64. The van der Waals surface area contributed by atoms with Crippen LogP contribution < -0.4 is 5.32 Å². The van der Waals surface area contributed by atoms with Gasteiger partial charge in [0.05, 0.1) is 5.54 Å². The lowest BCUT2D eigenvalue weighted by Crippen LogP contribution is -2.73. The molecular formula is C20H24N6O2. The molecule has 6 rings (SSSR count). The number of aromatic nitrogens is 3. The average molecular weight is 380 g/mol. The predicted molar refractivity (Wildman–Crippen MR) is 100 cm³/mol. The van der Waals surface area contributed by atoms with Crippen LogP contribution in [0.1, 0.15) is 31.2 Å². The van der Waals surface area contributed by atoms with E-state index in [1.54, 1.807) is 6.33 Å². The zero-order valence-corrected chi connectivity index (χ0v) is 15.8. The van der Waals surface area contributed by atoms with E-state index in [1.165, 1.54) is 18.4 Å². The van der Waals surface area contributed by atoms with Gasteiger partial charge in [-0.3, -0.25) is 4.79 Å². The van der Waals surface area contributed by atoms with Crippen LogP contribution in [-0.4, -0.2) is 68.1 Å². The van der Waals surface area contributed by atoms with Crippen molar-refractivity contribution in [1.82, 2.24) is 29.7 Å². The smallest absolute Gasteiger partial charge is 0.320 e. The zero-order chi connectivity index (χ0) is 18.9.